The Labute approximate surface area is 163 Å². The largest absolute Gasteiger partial charge is 0.342 e. The molecule has 6 nitrogen and oxygen atoms in total. The number of rotatable bonds is 4. The summed E-state index contributed by atoms with van der Waals surface area (Å²) in [6, 6.07) is 6.06. The summed E-state index contributed by atoms with van der Waals surface area (Å²) in [7, 11) is 0. The molecule has 2 fully saturated rings. The molecule has 0 radical (unpaired) electrons. The van der Waals surface area contributed by atoms with Crippen molar-refractivity contribution in [3.8, 4) is 0 Å². The second-order valence-corrected chi connectivity index (χ2v) is 7.45. The lowest BCUT2D eigenvalue weighted by molar-refractivity contribution is -0.131. The molecule has 1 aromatic carbocycles. The van der Waals surface area contributed by atoms with Crippen LogP contribution in [0.2, 0.25) is 0 Å². The Hall–Kier alpha value is -1.99. The highest BCUT2D eigenvalue weighted by Crippen LogP contribution is 2.38. The van der Waals surface area contributed by atoms with Crippen LogP contribution in [0.25, 0.3) is 0 Å². The van der Waals surface area contributed by atoms with Crippen LogP contribution in [-0.2, 0) is 16.8 Å². The Balaban J connectivity index is 0.00000210. The van der Waals surface area contributed by atoms with E-state index in [0.29, 0.717) is 18.3 Å². The van der Waals surface area contributed by atoms with Crippen molar-refractivity contribution in [1.29, 1.82) is 0 Å². The van der Waals surface area contributed by atoms with E-state index < -0.39 is 5.54 Å². The summed E-state index contributed by atoms with van der Waals surface area (Å²) in [5.41, 5.74) is 6.64. The fourth-order valence-corrected chi connectivity index (χ4v) is 3.68. The van der Waals surface area contributed by atoms with E-state index in [9.17, 15) is 9.18 Å². The number of benzene rings is 1. The van der Waals surface area contributed by atoms with Crippen LogP contribution in [0.4, 0.5) is 4.39 Å². The molecule has 146 valence electrons. The van der Waals surface area contributed by atoms with Gasteiger partial charge in [-0.15, -0.1) is 12.4 Å². The Morgan fingerprint density at radius 3 is 2.70 bits per heavy atom. The van der Waals surface area contributed by atoms with Gasteiger partial charge in [-0.1, -0.05) is 17.3 Å². The summed E-state index contributed by atoms with van der Waals surface area (Å²) in [5.74, 6) is 0.960. The predicted molar refractivity (Wildman–Crippen MR) is 99.9 cm³/mol. The molecule has 1 saturated heterocycles. The molecule has 1 amide bonds. The molecule has 1 atom stereocenters. The summed E-state index contributed by atoms with van der Waals surface area (Å²) in [6.07, 6.45) is 4.95. The van der Waals surface area contributed by atoms with Crippen LogP contribution in [0.3, 0.4) is 0 Å². The van der Waals surface area contributed by atoms with Gasteiger partial charge in [0, 0.05) is 13.1 Å². The van der Waals surface area contributed by atoms with Crippen LogP contribution in [0.15, 0.2) is 28.8 Å². The fraction of sp³-hybridized carbons (Fsp3) is 0.526. The molecule has 2 aromatic rings. The highest BCUT2D eigenvalue weighted by atomic mass is 35.5. The molecule has 2 N–H and O–H groups in total. The van der Waals surface area contributed by atoms with Crippen molar-refractivity contribution in [2.45, 2.75) is 50.0 Å². The first kappa shape index (κ1) is 19.8. The Kier molecular flexibility index (Phi) is 5.81. The van der Waals surface area contributed by atoms with Gasteiger partial charge >= 0.3 is 0 Å². The summed E-state index contributed by atoms with van der Waals surface area (Å²) in [6.45, 7) is 1.29. The monoisotopic (exact) mass is 394 g/mol. The molecule has 1 saturated carbocycles. The second kappa shape index (κ2) is 7.94. The first-order valence-electron chi connectivity index (χ1n) is 9.19. The van der Waals surface area contributed by atoms with Gasteiger partial charge in [-0.05, 0) is 49.8 Å². The maximum absolute atomic E-state index is 13.0. The number of carbonyl (C=O) groups is 1. The minimum Gasteiger partial charge on any atom is -0.342 e. The van der Waals surface area contributed by atoms with Crippen molar-refractivity contribution >= 4 is 18.3 Å². The number of nitrogens with two attached hydrogens (primary N) is 1. The van der Waals surface area contributed by atoms with E-state index in [0.717, 1.165) is 44.2 Å². The van der Waals surface area contributed by atoms with E-state index in [1.54, 1.807) is 12.1 Å². The number of nitrogens with zero attached hydrogens (tertiary/aromatic N) is 3. The highest BCUT2D eigenvalue weighted by Gasteiger charge is 2.40. The van der Waals surface area contributed by atoms with Crippen LogP contribution in [0.5, 0.6) is 0 Å². The van der Waals surface area contributed by atoms with Gasteiger partial charge in [0.25, 0.3) is 0 Å². The minimum atomic E-state index is -0.436. The Morgan fingerprint density at radius 1 is 1.30 bits per heavy atom. The van der Waals surface area contributed by atoms with E-state index in [2.05, 4.69) is 10.1 Å². The molecule has 27 heavy (non-hydrogen) atoms. The summed E-state index contributed by atoms with van der Waals surface area (Å²) < 4.78 is 18.5. The maximum atomic E-state index is 13.0. The first-order valence-corrected chi connectivity index (χ1v) is 9.19. The molecule has 1 aromatic heterocycles. The smallest absolute Gasteiger partial charge is 0.231 e. The average molecular weight is 395 g/mol. The van der Waals surface area contributed by atoms with E-state index in [-0.39, 0.29) is 36.5 Å². The zero-order valence-electron chi connectivity index (χ0n) is 15.1. The maximum Gasteiger partial charge on any atom is 0.231 e. The number of hydrogen-bond acceptors (Lipinski definition) is 5. The third-order valence-corrected chi connectivity index (χ3v) is 5.52. The van der Waals surface area contributed by atoms with Crippen molar-refractivity contribution < 1.29 is 13.7 Å². The average Bonchev–Trinajstić information content (AvgIpc) is 3.12. The van der Waals surface area contributed by atoms with Crippen molar-refractivity contribution in [2.75, 3.05) is 13.1 Å². The van der Waals surface area contributed by atoms with Gasteiger partial charge in [-0.25, -0.2) is 4.39 Å². The SMILES string of the molecule is Cl.NC1(c2noc(C3CCCN(C(=O)Cc4ccc(F)cc4)C3)n2)CCC1. The van der Waals surface area contributed by atoms with Gasteiger partial charge in [-0.3, -0.25) is 4.79 Å². The van der Waals surface area contributed by atoms with Gasteiger partial charge in [0.2, 0.25) is 11.8 Å². The van der Waals surface area contributed by atoms with Gasteiger partial charge in [0.1, 0.15) is 5.82 Å². The van der Waals surface area contributed by atoms with Crippen LogP contribution in [0.1, 0.15) is 55.3 Å². The molecule has 2 aliphatic rings. The third-order valence-electron chi connectivity index (χ3n) is 5.52. The Bertz CT molecular complexity index is 791. The number of halogens is 2. The summed E-state index contributed by atoms with van der Waals surface area (Å²) >= 11 is 0. The molecular weight excluding hydrogens is 371 g/mol. The van der Waals surface area contributed by atoms with E-state index >= 15 is 0 Å². The molecule has 8 heteroatoms. The summed E-state index contributed by atoms with van der Waals surface area (Å²) in [4.78, 5) is 19.0. The first-order chi connectivity index (χ1) is 12.5. The number of aromatic nitrogens is 2. The van der Waals surface area contributed by atoms with Crippen LogP contribution >= 0.6 is 12.4 Å². The van der Waals surface area contributed by atoms with Crippen molar-refractivity contribution in [1.82, 2.24) is 15.0 Å². The van der Waals surface area contributed by atoms with Crippen molar-refractivity contribution in [2.24, 2.45) is 5.73 Å². The normalized spacial score (nSPS) is 21.3. The molecule has 1 aliphatic heterocycles. The number of likely N-dealkylation sites (tertiary alicyclic amines) is 1. The molecule has 4 rings (SSSR count). The van der Waals surface area contributed by atoms with Crippen molar-refractivity contribution in [3.63, 3.8) is 0 Å². The zero-order valence-corrected chi connectivity index (χ0v) is 15.9. The number of hydrogen-bond donors (Lipinski definition) is 1. The zero-order chi connectivity index (χ0) is 18.1. The second-order valence-electron chi connectivity index (χ2n) is 7.45. The van der Waals surface area contributed by atoms with Crippen LogP contribution in [0, 0.1) is 5.82 Å². The van der Waals surface area contributed by atoms with Gasteiger partial charge < -0.3 is 15.2 Å². The number of carbonyl (C=O) groups excluding carboxylic acids is 1. The van der Waals surface area contributed by atoms with Gasteiger partial charge in [0.15, 0.2) is 5.82 Å². The molecule has 1 unspecified atom stereocenters. The van der Waals surface area contributed by atoms with E-state index in [1.165, 1.54) is 12.1 Å². The lowest BCUT2D eigenvalue weighted by atomic mass is 9.77. The van der Waals surface area contributed by atoms with Crippen molar-refractivity contribution in [3.05, 3.63) is 47.4 Å². The quantitative estimate of drug-likeness (QED) is 0.861. The minimum absolute atomic E-state index is 0. The molecule has 1 aliphatic carbocycles. The topological polar surface area (TPSA) is 85.2 Å². The van der Waals surface area contributed by atoms with Gasteiger partial charge in [-0.2, -0.15) is 4.98 Å². The lowest BCUT2D eigenvalue weighted by Crippen LogP contribution is -2.44. The highest BCUT2D eigenvalue weighted by molar-refractivity contribution is 5.85. The van der Waals surface area contributed by atoms with Crippen LogP contribution < -0.4 is 5.73 Å². The van der Waals surface area contributed by atoms with Gasteiger partial charge in [0.05, 0.1) is 17.9 Å². The molecule has 0 spiro atoms. The number of amides is 1. The molecule has 2 heterocycles. The summed E-state index contributed by atoms with van der Waals surface area (Å²) in [5, 5.41) is 4.08. The number of piperidine rings is 1. The van der Waals surface area contributed by atoms with E-state index in [4.69, 9.17) is 10.3 Å². The third kappa shape index (κ3) is 4.14. The molecular formula is C19H24ClFN4O2. The lowest BCUT2D eigenvalue weighted by Gasteiger charge is -2.34. The fourth-order valence-electron chi connectivity index (χ4n) is 3.68. The standard InChI is InChI=1S/C19H23FN4O2.ClH/c20-15-6-4-13(5-7-15)11-16(25)24-10-1-3-14(12-24)17-22-18(23-26-17)19(21)8-2-9-19;/h4-7,14H,1-3,8-12,21H2;1H. The predicted octanol–water partition coefficient (Wildman–Crippen LogP) is 2.92. The van der Waals surface area contributed by atoms with Crippen LogP contribution in [-0.4, -0.2) is 34.0 Å². The van der Waals surface area contributed by atoms with E-state index in [1.807, 2.05) is 4.90 Å². The molecule has 0 bridgehead atoms. The Morgan fingerprint density at radius 2 is 2.04 bits per heavy atom.